The van der Waals surface area contributed by atoms with Crippen molar-refractivity contribution in [3.63, 3.8) is 0 Å². The first kappa shape index (κ1) is 10.6. The van der Waals surface area contributed by atoms with Gasteiger partial charge in [-0.3, -0.25) is 4.79 Å². The highest BCUT2D eigenvalue weighted by atomic mass is 16.1. The van der Waals surface area contributed by atoms with Crippen molar-refractivity contribution in [1.82, 2.24) is 5.32 Å². The van der Waals surface area contributed by atoms with Crippen molar-refractivity contribution in [3.8, 4) is 0 Å². The molecule has 1 saturated carbocycles. The van der Waals surface area contributed by atoms with E-state index in [-0.39, 0.29) is 5.91 Å². The summed E-state index contributed by atoms with van der Waals surface area (Å²) < 4.78 is 0. The van der Waals surface area contributed by atoms with E-state index in [1.807, 2.05) is 0 Å². The van der Waals surface area contributed by atoms with Gasteiger partial charge in [0.2, 0.25) is 5.91 Å². The van der Waals surface area contributed by atoms with E-state index in [1.165, 1.54) is 12.8 Å². The quantitative estimate of drug-likeness (QED) is 0.663. The average molecular weight is 183 g/mol. The van der Waals surface area contributed by atoms with Crippen LogP contribution < -0.4 is 5.32 Å². The Bertz CT molecular complexity index is 179. The first-order chi connectivity index (χ1) is 6.00. The zero-order chi connectivity index (χ0) is 10.0. The standard InChI is InChI=1S/C11H21NO/c1-7-5-8(2)11(9(3)6-7)12-10(4)13/h7-9,11H,5-6H2,1-4H3,(H,12,13)/t7-,8+,9-,11+. The third-order valence-corrected chi connectivity index (χ3v) is 3.14. The Morgan fingerprint density at radius 3 is 2.00 bits per heavy atom. The van der Waals surface area contributed by atoms with Crippen molar-refractivity contribution in [1.29, 1.82) is 0 Å². The number of hydrogen-bond donors (Lipinski definition) is 1. The molecule has 1 fully saturated rings. The second-order valence-corrected chi connectivity index (χ2v) is 4.76. The van der Waals surface area contributed by atoms with Gasteiger partial charge < -0.3 is 5.32 Å². The summed E-state index contributed by atoms with van der Waals surface area (Å²) in [5, 5.41) is 3.06. The van der Waals surface area contributed by atoms with E-state index in [2.05, 4.69) is 26.1 Å². The van der Waals surface area contributed by atoms with Crippen molar-refractivity contribution in [3.05, 3.63) is 0 Å². The molecule has 1 aliphatic rings. The Balaban J connectivity index is 2.56. The summed E-state index contributed by atoms with van der Waals surface area (Å²) in [7, 11) is 0. The van der Waals surface area contributed by atoms with Crippen LogP contribution in [0.25, 0.3) is 0 Å². The highest BCUT2D eigenvalue weighted by Gasteiger charge is 2.31. The fraction of sp³-hybridized carbons (Fsp3) is 0.909. The lowest BCUT2D eigenvalue weighted by atomic mass is 9.74. The summed E-state index contributed by atoms with van der Waals surface area (Å²) in [6.45, 7) is 8.40. The molecule has 0 heterocycles. The van der Waals surface area contributed by atoms with Gasteiger partial charge in [-0.25, -0.2) is 0 Å². The molecule has 0 aromatic carbocycles. The van der Waals surface area contributed by atoms with Crippen molar-refractivity contribution in [2.45, 2.75) is 46.6 Å². The van der Waals surface area contributed by atoms with Gasteiger partial charge in [0.1, 0.15) is 0 Å². The first-order valence-electron chi connectivity index (χ1n) is 5.27. The topological polar surface area (TPSA) is 29.1 Å². The van der Waals surface area contributed by atoms with Crippen molar-refractivity contribution >= 4 is 5.91 Å². The normalized spacial score (nSPS) is 40.0. The highest BCUT2D eigenvalue weighted by Crippen LogP contribution is 2.32. The van der Waals surface area contributed by atoms with Crippen LogP contribution in [-0.4, -0.2) is 11.9 Å². The maximum Gasteiger partial charge on any atom is 0.217 e. The van der Waals surface area contributed by atoms with Gasteiger partial charge in [0.25, 0.3) is 0 Å². The summed E-state index contributed by atoms with van der Waals surface area (Å²) in [4.78, 5) is 11.0. The van der Waals surface area contributed by atoms with Gasteiger partial charge in [0, 0.05) is 13.0 Å². The van der Waals surface area contributed by atoms with Gasteiger partial charge in [-0.1, -0.05) is 20.8 Å². The van der Waals surface area contributed by atoms with Crippen LogP contribution in [0.3, 0.4) is 0 Å². The minimum atomic E-state index is 0.109. The Hall–Kier alpha value is -0.530. The molecule has 0 aliphatic heterocycles. The maximum atomic E-state index is 11.0. The second-order valence-electron chi connectivity index (χ2n) is 4.76. The van der Waals surface area contributed by atoms with E-state index in [4.69, 9.17) is 0 Å². The molecule has 0 radical (unpaired) electrons. The lowest BCUT2D eigenvalue weighted by Crippen LogP contribution is -2.46. The van der Waals surface area contributed by atoms with Crippen molar-refractivity contribution in [2.75, 3.05) is 0 Å². The zero-order valence-electron chi connectivity index (χ0n) is 9.13. The van der Waals surface area contributed by atoms with Crippen LogP contribution in [-0.2, 0) is 4.79 Å². The van der Waals surface area contributed by atoms with E-state index < -0.39 is 0 Å². The molecule has 1 amide bonds. The summed E-state index contributed by atoms with van der Waals surface area (Å²) in [5.74, 6) is 2.18. The Morgan fingerprint density at radius 1 is 1.15 bits per heavy atom. The molecule has 2 heteroatoms. The number of hydrogen-bond acceptors (Lipinski definition) is 1. The summed E-state index contributed by atoms with van der Waals surface area (Å²) in [5.41, 5.74) is 0. The molecule has 0 aromatic rings. The number of nitrogens with one attached hydrogen (secondary N) is 1. The third kappa shape index (κ3) is 2.71. The largest absolute Gasteiger partial charge is 0.353 e. The minimum Gasteiger partial charge on any atom is -0.353 e. The molecule has 0 unspecified atom stereocenters. The molecule has 0 saturated heterocycles. The zero-order valence-corrected chi connectivity index (χ0v) is 9.13. The van der Waals surface area contributed by atoms with Crippen LogP contribution in [0.5, 0.6) is 0 Å². The number of carbonyl (C=O) groups is 1. The summed E-state index contributed by atoms with van der Waals surface area (Å²) >= 11 is 0. The molecular formula is C11H21NO. The number of amides is 1. The van der Waals surface area contributed by atoms with Gasteiger partial charge in [-0.05, 0) is 30.6 Å². The van der Waals surface area contributed by atoms with E-state index in [1.54, 1.807) is 6.92 Å². The van der Waals surface area contributed by atoms with Crippen LogP contribution in [0.4, 0.5) is 0 Å². The summed E-state index contributed by atoms with van der Waals surface area (Å²) in [6.07, 6.45) is 2.49. The molecule has 1 N–H and O–H groups in total. The lowest BCUT2D eigenvalue weighted by Gasteiger charge is -2.38. The number of rotatable bonds is 1. The van der Waals surface area contributed by atoms with E-state index in [9.17, 15) is 4.79 Å². The Kier molecular flexibility index (Phi) is 3.34. The second kappa shape index (κ2) is 4.12. The van der Waals surface area contributed by atoms with E-state index >= 15 is 0 Å². The fourth-order valence-corrected chi connectivity index (χ4v) is 2.74. The monoisotopic (exact) mass is 183 g/mol. The van der Waals surface area contributed by atoms with E-state index in [0.29, 0.717) is 17.9 Å². The molecule has 76 valence electrons. The molecule has 2 nitrogen and oxygen atoms in total. The predicted octanol–water partition coefficient (Wildman–Crippen LogP) is 2.19. The third-order valence-electron chi connectivity index (χ3n) is 3.14. The molecule has 1 rings (SSSR count). The van der Waals surface area contributed by atoms with Crippen LogP contribution in [0.1, 0.15) is 40.5 Å². The first-order valence-corrected chi connectivity index (χ1v) is 5.27. The minimum absolute atomic E-state index is 0.109. The molecule has 0 aromatic heterocycles. The fourth-order valence-electron chi connectivity index (χ4n) is 2.74. The lowest BCUT2D eigenvalue weighted by molar-refractivity contribution is -0.120. The van der Waals surface area contributed by atoms with Gasteiger partial charge in [-0.15, -0.1) is 0 Å². The number of carbonyl (C=O) groups excluding carboxylic acids is 1. The van der Waals surface area contributed by atoms with Gasteiger partial charge in [-0.2, -0.15) is 0 Å². The molecular weight excluding hydrogens is 162 g/mol. The summed E-state index contributed by atoms with van der Waals surface area (Å²) in [6, 6.07) is 0.397. The molecule has 0 spiro atoms. The molecule has 0 bridgehead atoms. The molecule has 4 atom stereocenters. The molecule has 13 heavy (non-hydrogen) atoms. The Labute approximate surface area is 81.1 Å². The van der Waals surface area contributed by atoms with Gasteiger partial charge in [0.05, 0.1) is 0 Å². The highest BCUT2D eigenvalue weighted by molar-refractivity contribution is 5.73. The van der Waals surface area contributed by atoms with E-state index in [0.717, 1.165) is 5.92 Å². The predicted molar refractivity (Wildman–Crippen MR) is 54.3 cm³/mol. The SMILES string of the molecule is CC(=O)N[C@@H]1[C@H](C)C[C@H](C)C[C@@H]1C. The van der Waals surface area contributed by atoms with Crippen molar-refractivity contribution < 1.29 is 4.79 Å². The van der Waals surface area contributed by atoms with Gasteiger partial charge in [0.15, 0.2) is 0 Å². The maximum absolute atomic E-state index is 11.0. The average Bonchev–Trinajstić information content (AvgIpc) is 1.96. The van der Waals surface area contributed by atoms with Crippen LogP contribution in [0, 0.1) is 17.8 Å². The Morgan fingerprint density at radius 2 is 1.62 bits per heavy atom. The van der Waals surface area contributed by atoms with Crippen LogP contribution >= 0.6 is 0 Å². The van der Waals surface area contributed by atoms with Crippen LogP contribution in [0.15, 0.2) is 0 Å². The smallest absolute Gasteiger partial charge is 0.217 e. The molecule has 1 aliphatic carbocycles. The van der Waals surface area contributed by atoms with Crippen LogP contribution in [0.2, 0.25) is 0 Å². The van der Waals surface area contributed by atoms with Gasteiger partial charge >= 0.3 is 0 Å². The van der Waals surface area contributed by atoms with Crippen molar-refractivity contribution in [2.24, 2.45) is 17.8 Å².